The van der Waals surface area contributed by atoms with Crippen molar-refractivity contribution < 1.29 is 14.8 Å². The lowest BCUT2D eigenvalue weighted by atomic mass is 10.1. The Balaban J connectivity index is 1.98. The van der Waals surface area contributed by atoms with Gasteiger partial charge in [0.1, 0.15) is 0 Å². The molecule has 126 valence electrons. The Labute approximate surface area is 146 Å². The van der Waals surface area contributed by atoms with E-state index in [-0.39, 0.29) is 22.2 Å². The molecular weight excluding hydrogens is 348 g/mol. The number of carbonyl (C=O) groups is 1. The van der Waals surface area contributed by atoms with Gasteiger partial charge >= 0.3 is 5.69 Å². The highest BCUT2D eigenvalue weighted by molar-refractivity contribution is 6.54. The van der Waals surface area contributed by atoms with Gasteiger partial charge in [0, 0.05) is 29.3 Å². The molecule has 0 atom stereocenters. The second kappa shape index (κ2) is 6.33. The lowest BCUT2D eigenvalue weighted by molar-refractivity contribution is -0.385. The summed E-state index contributed by atoms with van der Waals surface area (Å²) < 4.78 is 0. The highest BCUT2D eigenvalue weighted by atomic mass is 35.5. The molecular formula is C16H11ClN4O4. The molecule has 25 heavy (non-hydrogen) atoms. The van der Waals surface area contributed by atoms with Crippen LogP contribution in [0.1, 0.15) is 11.1 Å². The van der Waals surface area contributed by atoms with Crippen LogP contribution in [-0.2, 0) is 4.79 Å². The molecule has 0 saturated carbocycles. The minimum absolute atomic E-state index is 0.0237. The average Bonchev–Trinajstić information content (AvgIpc) is 2.82. The van der Waals surface area contributed by atoms with Crippen molar-refractivity contribution in [3.63, 3.8) is 0 Å². The van der Waals surface area contributed by atoms with Crippen molar-refractivity contribution in [2.75, 3.05) is 11.9 Å². The number of likely N-dealkylation sites (N-methyl/N-ethyl adjacent to an activating group) is 1. The minimum atomic E-state index is -0.754. The molecule has 0 aliphatic carbocycles. The highest BCUT2D eigenvalue weighted by Crippen LogP contribution is 2.32. The van der Waals surface area contributed by atoms with E-state index in [9.17, 15) is 20.0 Å². The average molecular weight is 359 g/mol. The van der Waals surface area contributed by atoms with Gasteiger partial charge < -0.3 is 10.0 Å². The molecule has 8 nitrogen and oxygen atoms in total. The summed E-state index contributed by atoms with van der Waals surface area (Å²) in [7, 11) is 1.62. The van der Waals surface area contributed by atoms with Crippen LogP contribution in [0.4, 0.5) is 11.4 Å². The molecule has 0 bridgehead atoms. The number of nitro groups is 1. The Bertz CT molecular complexity index is 955. The van der Waals surface area contributed by atoms with Gasteiger partial charge in [0.15, 0.2) is 5.71 Å². The number of nitro benzene ring substituents is 1. The number of carbonyl (C=O) groups excluding carboxylic acids is 1. The third-order valence-electron chi connectivity index (χ3n) is 3.66. The van der Waals surface area contributed by atoms with E-state index < -0.39 is 16.4 Å². The molecule has 1 N–H and O–H groups in total. The van der Waals surface area contributed by atoms with Crippen LogP contribution in [0.3, 0.4) is 0 Å². The van der Waals surface area contributed by atoms with Crippen LogP contribution < -0.4 is 4.90 Å². The van der Waals surface area contributed by atoms with Gasteiger partial charge in [0.05, 0.1) is 16.8 Å². The molecule has 0 unspecified atom stereocenters. The summed E-state index contributed by atoms with van der Waals surface area (Å²) in [6.45, 7) is 0. The summed E-state index contributed by atoms with van der Waals surface area (Å²) in [6, 6.07) is 9.45. The fourth-order valence-corrected chi connectivity index (χ4v) is 2.66. The first-order valence-electron chi connectivity index (χ1n) is 7.05. The zero-order valence-electron chi connectivity index (χ0n) is 12.9. The molecule has 3 rings (SSSR count). The number of anilines is 1. The number of hydrogen-bond donors (Lipinski definition) is 1. The Morgan fingerprint density at radius 3 is 2.76 bits per heavy atom. The predicted octanol–water partition coefficient (Wildman–Crippen LogP) is 2.75. The Kier molecular flexibility index (Phi) is 4.20. The van der Waals surface area contributed by atoms with Crippen LogP contribution in [0.25, 0.3) is 0 Å². The number of amides is 1. The number of para-hydroxylation sites is 1. The second-order valence-corrected chi connectivity index (χ2v) is 5.63. The smallest absolute Gasteiger partial charge is 0.312 e. The lowest BCUT2D eigenvalue weighted by Crippen LogP contribution is -2.25. The number of fused-ring (bicyclic) bond motifs is 1. The molecule has 9 heteroatoms. The summed E-state index contributed by atoms with van der Waals surface area (Å²) in [5, 5.41) is 28.6. The molecule has 2 aromatic rings. The normalized spacial score (nSPS) is 15.2. The van der Waals surface area contributed by atoms with Gasteiger partial charge in [-0.3, -0.25) is 14.9 Å². The number of halogens is 1. The molecule has 0 saturated heterocycles. The van der Waals surface area contributed by atoms with Crippen molar-refractivity contribution >= 4 is 40.8 Å². The molecule has 0 fully saturated rings. The van der Waals surface area contributed by atoms with Crippen molar-refractivity contribution in [3.05, 3.63) is 62.7 Å². The molecule has 2 aromatic carbocycles. The van der Waals surface area contributed by atoms with E-state index in [0.717, 1.165) is 12.3 Å². The van der Waals surface area contributed by atoms with Crippen molar-refractivity contribution in [1.82, 2.24) is 0 Å². The van der Waals surface area contributed by atoms with Gasteiger partial charge in [0.25, 0.3) is 5.91 Å². The Morgan fingerprint density at radius 1 is 1.32 bits per heavy atom. The minimum Gasteiger partial charge on any atom is -0.502 e. The van der Waals surface area contributed by atoms with Gasteiger partial charge in [-0.2, -0.15) is 5.10 Å². The third kappa shape index (κ3) is 2.94. The molecule has 0 radical (unpaired) electrons. The highest BCUT2D eigenvalue weighted by Gasteiger charge is 2.31. The Morgan fingerprint density at radius 2 is 2.04 bits per heavy atom. The summed E-state index contributed by atoms with van der Waals surface area (Å²) >= 11 is 5.81. The first kappa shape index (κ1) is 16.6. The zero-order valence-corrected chi connectivity index (χ0v) is 13.6. The lowest BCUT2D eigenvalue weighted by Gasteiger charge is -2.07. The quantitative estimate of drug-likeness (QED) is 0.517. The fourth-order valence-electron chi connectivity index (χ4n) is 2.44. The monoisotopic (exact) mass is 358 g/mol. The predicted molar refractivity (Wildman–Crippen MR) is 93.8 cm³/mol. The van der Waals surface area contributed by atoms with E-state index in [0.29, 0.717) is 11.3 Å². The first-order valence-corrected chi connectivity index (χ1v) is 7.43. The molecule has 1 aliphatic rings. The van der Waals surface area contributed by atoms with Crippen molar-refractivity contribution in [3.8, 4) is 5.75 Å². The maximum atomic E-state index is 12.2. The number of phenolic OH excluding ortho intramolecular Hbond substituents is 1. The summed E-state index contributed by atoms with van der Waals surface area (Å²) in [5.74, 6) is -0.895. The molecule has 1 aliphatic heterocycles. The summed E-state index contributed by atoms with van der Waals surface area (Å²) in [5.41, 5.74) is 0.973. The van der Waals surface area contributed by atoms with Gasteiger partial charge in [-0.15, -0.1) is 5.10 Å². The van der Waals surface area contributed by atoms with E-state index in [1.54, 1.807) is 31.3 Å². The molecule has 1 amide bonds. The van der Waals surface area contributed by atoms with Gasteiger partial charge in [-0.05, 0) is 12.1 Å². The standard InChI is InChI=1S/C16H11ClN4O4/c1-20-12-5-3-2-4-11(12)14(16(20)23)19-18-8-9-6-10(17)7-13(15(9)22)21(24)25/h2-8,22H,1H3/b18-8+,19-14+. The number of aromatic hydroxyl groups is 1. The second-order valence-electron chi connectivity index (χ2n) is 5.19. The third-order valence-corrected chi connectivity index (χ3v) is 3.88. The molecule has 0 aromatic heterocycles. The fraction of sp³-hybridized carbons (Fsp3) is 0.0625. The van der Waals surface area contributed by atoms with Crippen molar-refractivity contribution in [2.24, 2.45) is 10.2 Å². The van der Waals surface area contributed by atoms with Gasteiger partial charge in [0.2, 0.25) is 5.75 Å². The zero-order chi connectivity index (χ0) is 18.1. The summed E-state index contributed by atoms with van der Waals surface area (Å²) in [6.07, 6.45) is 1.11. The number of hydrogen-bond acceptors (Lipinski definition) is 6. The maximum absolute atomic E-state index is 12.2. The van der Waals surface area contributed by atoms with Crippen molar-refractivity contribution in [1.29, 1.82) is 0 Å². The van der Waals surface area contributed by atoms with Crippen LogP contribution >= 0.6 is 11.6 Å². The maximum Gasteiger partial charge on any atom is 0.312 e. The number of phenols is 1. The number of rotatable bonds is 3. The van der Waals surface area contributed by atoms with Crippen molar-refractivity contribution in [2.45, 2.75) is 0 Å². The first-order chi connectivity index (χ1) is 11.9. The van der Waals surface area contributed by atoms with E-state index in [1.807, 2.05) is 0 Å². The largest absolute Gasteiger partial charge is 0.502 e. The van der Waals surface area contributed by atoms with Crippen LogP contribution in [0.5, 0.6) is 5.75 Å². The van der Waals surface area contributed by atoms with Crippen LogP contribution in [0.2, 0.25) is 5.02 Å². The van der Waals surface area contributed by atoms with Crippen LogP contribution in [0, 0.1) is 10.1 Å². The molecule has 1 heterocycles. The van der Waals surface area contributed by atoms with Crippen LogP contribution in [-0.4, -0.2) is 34.9 Å². The topological polar surface area (TPSA) is 108 Å². The number of benzene rings is 2. The van der Waals surface area contributed by atoms with Gasteiger partial charge in [-0.1, -0.05) is 29.8 Å². The molecule has 0 spiro atoms. The SMILES string of the molecule is CN1C(=O)/C(=N/N=C/c2cc(Cl)cc([N+](=O)[O-])c2O)c2ccccc21. The Hall–Kier alpha value is -3.26. The van der Waals surface area contributed by atoms with E-state index >= 15 is 0 Å². The van der Waals surface area contributed by atoms with Gasteiger partial charge in [-0.25, -0.2) is 0 Å². The van der Waals surface area contributed by atoms with E-state index in [2.05, 4.69) is 10.2 Å². The summed E-state index contributed by atoms with van der Waals surface area (Å²) in [4.78, 5) is 23.8. The van der Waals surface area contributed by atoms with Crippen LogP contribution in [0.15, 0.2) is 46.6 Å². The number of nitrogens with zero attached hydrogens (tertiary/aromatic N) is 4. The van der Waals surface area contributed by atoms with E-state index in [4.69, 9.17) is 11.6 Å². The van der Waals surface area contributed by atoms with E-state index in [1.165, 1.54) is 11.0 Å².